The van der Waals surface area contributed by atoms with Gasteiger partial charge in [-0.2, -0.15) is 0 Å². The number of carbonyl (C=O) groups is 3. The van der Waals surface area contributed by atoms with E-state index in [-0.39, 0.29) is 43.1 Å². The lowest BCUT2D eigenvalue weighted by molar-refractivity contribution is -0.137. The Balaban J connectivity index is 1.41. The van der Waals surface area contributed by atoms with Crippen molar-refractivity contribution >= 4 is 28.7 Å². The molecular weight excluding hydrogens is 552 g/mol. The minimum Gasteiger partial charge on any atom is -0.481 e. The number of nitrogens with one attached hydrogen (secondary N) is 2. The molecule has 0 spiro atoms. The van der Waals surface area contributed by atoms with E-state index in [9.17, 15) is 28.3 Å². The van der Waals surface area contributed by atoms with Crippen LogP contribution in [0.25, 0.3) is 22.0 Å². The van der Waals surface area contributed by atoms with Crippen LogP contribution in [0.15, 0.2) is 97.2 Å². The van der Waals surface area contributed by atoms with Gasteiger partial charge < -0.3 is 20.3 Å². The number of carboxylic acids is 1. The van der Waals surface area contributed by atoms with Crippen molar-refractivity contribution in [1.29, 1.82) is 0 Å². The van der Waals surface area contributed by atoms with Gasteiger partial charge in [-0.3, -0.25) is 14.4 Å². The van der Waals surface area contributed by atoms with Crippen molar-refractivity contribution < 1.29 is 28.3 Å². The number of nitrogens with zero attached hydrogens (tertiary/aromatic N) is 1. The third-order valence-corrected chi connectivity index (χ3v) is 7.28. The van der Waals surface area contributed by atoms with Gasteiger partial charge in [0, 0.05) is 53.4 Å². The fourth-order valence-corrected chi connectivity index (χ4v) is 5.08. The number of aliphatic carboxylic acids is 1. The molecule has 0 aliphatic heterocycles. The van der Waals surface area contributed by atoms with Crippen molar-refractivity contribution in [2.45, 2.75) is 19.4 Å². The largest absolute Gasteiger partial charge is 0.481 e. The van der Waals surface area contributed by atoms with E-state index in [2.05, 4.69) is 10.3 Å². The summed E-state index contributed by atoms with van der Waals surface area (Å²) in [5.74, 6) is -3.16. The summed E-state index contributed by atoms with van der Waals surface area (Å²) in [6.45, 7) is 0.0595. The highest BCUT2D eigenvalue weighted by molar-refractivity contribution is 6.06. The quantitative estimate of drug-likeness (QED) is 0.173. The van der Waals surface area contributed by atoms with Gasteiger partial charge in [0.05, 0.1) is 6.42 Å². The Labute approximate surface area is 246 Å². The number of para-hydroxylation sites is 1. The maximum Gasteiger partial charge on any atom is 0.305 e. The SMILES string of the molecule is O=C(O)CCN(CCc1c[nH]c2ccccc12)C(=O)c1ccccc1-c1ccccc1C(=O)NCc1cc(F)ccc1F. The lowest BCUT2D eigenvalue weighted by Crippen LogP contribution is -2.35. The van der Waals surface area contributed by atoms with Crippen LogP contribution < -0.4 is 5.32 Å². The van der Waals surface area contributed by atoms with Crippen molar-refractivity contribution in [2.75, 3.05) is 13.1 Å². The van der Waals surface area contributed by atoms with Gasteiger partial charge in [0.2, 0.25) is 0 Å². The summed E-state index contributed by atoms with van der Waals surface area (Å²) >= 11 is 0. The first kappa shape index (κ1) is 29.2. The van der Waals surface area contributed by atoms with Gasteiger partial charge in [0.1, 0.15) is 11.6 Å². The molecule has 218 valence electrons. The van der Waals surface area contributed by atoms with Crippen LogP contribution in [-0.4, -0.2) is 45.9 Å². The zero-order chi connectivity index (χ0) is 30.3. The van der Waals surface area contributed by atoms with Crippen LogP contribution in [0, 0.1) is 11.6 Å². The number of hydrogen-bond donors (Lipinski definition) is 3. The Morgan fingerprint density at radius 2 is 1.47 bits per heavy atom. The highest BCUT2D eigenvalue weighted by atomic mass is 19.1. The molecule has 5 aromatic rings. The maximum atomic E-state index is 14.1. The monoisotopic (exact) mass is 581 g/mol. The first-order chi connectivity index (χ1) is 20.8. The average molecular weight is 582 g/mol. The minimum absolute atomic E-state index is 0.00526. The highest BCUT2D eigenvalue weighted by Crippen LogP contribution is 2.29. The number of amides is 2. The van der Waals surface area contributed by atoms with E-state index in [1.165, 1.54) is 4.90 Å². The molecule has 0 aliphatic rings. The van der Waals surface area contributed by atoms with Crippen LogP contribution in [0.5, 0.6) is 0 Å². The first-order valence-corrected chi connectivity index (χ1v) is 13.8. The summed E-state index contributed by atoms with van der Waals surface area (Å²) in [5, 5.41) is 13.0. The summed E-state index contributed by atoms with van der Waals surface area (Å²) in [5.41, 5.74) is 3.50. The highest BCUT2D eigenvalue weighted by Gasteiger charge is 2.23. The number of aromatic nitrogens is 1. The van der Waals surface area contributed by atoms with E-state index in [0.717, 1.165) is 34.7 Å². The molecule has 0 unspecified atom stereocenters. The van der Waals surface area contributed by atoms with E-state index in [4.69, 9.17) is 0 Å². The number of fused-ring (bicyclic) bond motifs is 1. The number of aromatic amines is 1. The third kappa shape index (κ3) is 6.78. The van der Waals surface area contributed by atoms with Crippen LogP contribution in [0.3, 0.4) is 0 Å². The molecule has 0 saturated heterocycles. The third-order valence-electron chi connectivity index (χ3n) is 7.28. The zero-order valence-electron chi connectivity index (χ0n) is 23.1. The van der Waals surface area contributed by atoms with Gasteiger partial charge in [-0.05, 0) is 59.5 Å². The molecule has 0 aliphatic carbocycles. The van der Waals surface area contributed by atoms with Crippen molar-refractivity contribution in [2.24, 2.45) is 0 Å². The molecule has 1 heterocycles. The predicted molar refractivity (Wildman–Crippen MR) is 160 cm³/mol. The summed E-state index contributed by atoms with van der Waals surface area (Å²) in [6.07, 6.45) is 2.17. The Kier molecular flexibility index (Phi) is 8.90. The van der Waals surface area contributed by atoms with E-state index in [1.807, 2.05) is 30.5 Å². The fourth-order valence-electron chi connectivity index (χ4n) is 5.08. The summed E-state index contributed by atoms with van der Waals surface area (Å²) < 4.78 is 27.7. The van der Waals surface area contributed by atoms with E-state index < -0.39 is 23.5 Å². The van der Waals surface area contributed by atoms with E-state index in [0.29, 0.717) is 23.1 Å². The summed E-state index contributed by atoms with van der Waals surface area (Å²) in [6, 6.07) is 24.4. The molecule has 0 bridgehead atoms. The van der Waals surface area contributed by atoms with Gasteiger partial charge in [-0.25, -0.2) is 8.78 Å². The predicted octanol–water partition coefficient (Wildman–Crippen LogP) is 6.20. The van der Waals surface area contributed by atoms with Gasteiger partial charge in [-0.1, -0.05) is 54.6 Å². The second-order valence-electron chi connectivity index (χ2n) is 10.1. The number of rotatable bonds is 11. The second kappa shape index (κ2) is 13.1. The second-order valence-corrected chi connectivity index (χ2v) is 10.1. The molecule has 0 atom stereocenters. The number of carboxylic acid groups (broad SMARTS) is 1. The van der Waals surface area contributed by atoms with Gasteiger partial charge >= 0.3 is 5.97 Å². The smallest absolute Gasteiger partial charge is 0.305 e. The van der Waals surface area contributed by atoms with Crippen LogP contribution in [-0.2, 0) is 17.8 Å². The average Bonchev–Trinajstić information content (AvgIpc) is 3.44. The number of halogens is 2. The van der Waals surface area contributed by atoms with E-state index in [1.54, 1.807) is 48.5 Å². The number of benzene rings is 4. The fraction of sp³-hybridized carbons (Fsp3) is 0.147. The minimum atomic E-state index is -1.02. The summed E-state index contributed by atoms with van der Waals surface area (Å²) in [7, 11) is 0. The lowest BCUT2D eigenvalue weighted by atomic mass is 9.94. The topological polar surface area (TPSA) is 102 Å². The Hall–Kier alpha value is -5.31. The summed E-state index contributed by atoms with van der Waals surface area (Å²) in [4.78, 5) is 43.4. The Bertz CT molecular complexity index is 1800. The van der Waals surface area contributed by atoms with Gasteiger partial charge in [0.25, 0.3) is 11.8 Å². The molecule has 1 aromatic heterocycles. The number of H-pyrrole nitrogens is 1. The maximum absolute atomic E-state index is 14.1. The Morgan fingerprint density at radius 1 is 0.791 bits per heavy atom. The molecule has 4 aromatic carbocycles. The molecular formula is C34H29F2N3O4. The molecule has 0 fully saturated rings. The Morgan fingerprint density at radius 3 is 2.23 bits per heavy atom. The number of hydrogen-bond acceptors (Lipinski definition) is 3. The molecule has 0 saturated carbocycles. The van der Waals surface area contributed by atoms with Gasteiger partial charge in [-0.15, -0.1) is 0 Å². The molecule has 7 nitrogen and oxygen atoms in total. The van der Waals surface area contributed by atoms with Gasteiger partial charge in [0.15, 0.2) is 0 Å². The molecule has 0 radical (unpaired) electrons. The van der Waals surface area contributed by atoms with Crippen molar-refractivity contribution in [3.05, 3.63) is 131 Å². The molecule has 43 heavy (non-hydrogen) atoms. The first-order valence-electron chi connectivity index (χ1n) is 13.8. The van der Waals surface area contributed by atoms with Crippen molar-refractivity contribution in [3.63, 3.8) is 0 Å². The van der Waals surface area contributed by atoms with Crippen LogP contribution >= 0.6 is 0 Å². The van der Waals surface area contributed by atoms with Crippen LogP contribution in [0.4, 0.5) is 8.78 Å². The van der Waals surface area contributed by atoms with Crippen molar-refractivity contribution in [3.8, 4) is 11.1 Å². The van der Waals surface area contributed by atoms with Crippen molar-refractivity contribution in [1.82, 2.24) is 15.2 Å². The van der Waals surface area contributed by atoms with E-state index >= 15 is 0 Å². The normalized spacial score (nSPS) is 10.9. The molecule has 5 rings (SSSR count). The van der Waals surface area contributed by atoms with Crippen LogP contribution in [0.1, 0.15) is 38.3 Å². The standard InChI is InChI=1S/C34H29F2N3O4/c35-24-13-14-30(36)23(19-24)21-38-33(42)28-10-3-1-8-26(28)27-9-2-4-11-29(27)34(43)39(18-16-32(40)41)17-15-22-20-37-31-12-6-5-7-25(22)31/h1-14,19-20,37H,15-18,21H2,(H,38,42)(H,40,41). The zero-order valence-corrected chi connectivity index (χ0v) is 23.1. The molecule has 3 N–H and O–H groups in total. The number of carbonyl (C=O) groups excluding carboxylic acids is 2. The van der Waals surface area contributed by atoms with Crippen LogP contribution in [0.2, 0.25) is 0 Å². The molecule has 9 heteroatoms. The molecule has 2 amide bonds. The lowest BCUT2D eigenvalue weighted by Gasteiger charge is -2.24.